The molecule has 15 heavy (non-hydrogen) atoms. The van der Waals surface area contributed by atoms with Gasteiger partial charge in [-0.3, -0.25) is 9.59 Å². The molecule has 0 saturated heterocycles. The molecular formula is C9H12N2O3S. The van der Waals surface area contributed by atoms with Crippen molar-refractivity contribution < 1.29 is 9.90 Å². The summed E-state index contributed by atoms with van der Waals surface area (Å²) in [4.78, 5) is 28.4. The van der Waals surface area contributed by atoms with Gasteiger partial charge in [0.15, 0.2) is 5.16 Å². The molecular weight excluding hydrogens is 216 g/mol. The predicted octanol–water partition coefficient (Wildman–Crippen LogP) is 0.899. The van der Waals surface area contributed by atoms with Crippen molar-refractivity contribution in [3.8, 4) is 0 Å². The molecule has 0 aliphatic rings. The van der Waals surface area contributed by atoms with Crippen molar-refractivity contribution >= 4 is 17.7 Å². The van der Waals surface area contributed by atoms with Crippen LogP contribution in [0.5, 0.6) is 0 Å². The van der Waals surface area contributed by atoms with Crippen molar-refractivity contribution in [1.82, 2.24) is 9.97 Å². The fourth-order valence-electron chi connectivity index (χ4n) is 1.03. The van der Waals surface area contributed by atoms with Crippen LogP contribution < -0.4 is 5.56 Å². The van der Waals surface area contributed by atoms with Gasteiger partial charge in [-0.25, -0.2) is 4.98 Å². The Labute approximate surface area is 90.9 Å². The summed E-state index contributed by atoms with van der Waals surface area (Å²) in [5, 5.41) is 9.04. The van der Waals surface area contributed by atoms with Crippen LogP contribution in [0.1, 0.15) is 18.9 Å². The first-order chi connectivity index (χ1) is 7.13. The van der Waals surface area contributed by atoms with Crippen LogP contribution in [0.3, 0.4) is 0 Å². The third kappa shape index (κ3) is 3.75. The Kier molecular flexibility index (Phi) is 4.36. The van der Waals surface area contributed by atoms with Gasteiger partial charge in [0.2, 0.25) is 0 Å². The minimum atomic E-state index is -0.915. The monoisotopic (exact) mass is 228 g/mol. The maximum Gasteiger partial charge on any atom is 0.303 e. The van der Waals surface area contributed by atoms with Gasteiger partial charge in [-0.1, -0.05) is 18.7 Å². The van der Waals surface area contributed by atoms with Crippen LogP contribution in [0.25, 0.3) is 0 Å². The Bertz CT molecular complexity index is 403. The van der Waals surface area contributed by atoms with Gasteiger partial charge < -0.3 is 10.1 Å². The summed E-state index contributed by atoms with van der Waals surface area (Å²) in [7, 11) is 0. The molecule has 0 aromatic carbocycles. The van der Waals surface area contributed by atoms with Crippen LogP contribution in [0.4, 0.5) is 0 Å². The molecule has 0 unspecified atom stereocenters. The number of carbonyl (C=O) groups is 1. The zero-order valence-corrected chi connectivity index (χ0v) is 9.13. The molecule has 1 rings (SSSR count). The van der Waals surface area contributed by atoms with Crippen LogP contribution in [0.15, 0.2) is 16.1 Å². The van der Waals surface area contributed by atoms with E-state index in [1.165, 1.54) is 18.0 Å². The second kappa shape index (κ2) is 5.55. The Balaban J connectivity index is 2.75. The maximum absolute atomic E-state index is 11.4. The second-order valence-electron chi connectivity index (χ2n) is 2.87. The summed E-state index contributed by atoms with van der Waals surface area (Å²) in [6.07, 6.45) is 1.61. The lowest BCUT2D eigenvalue weighted by molar-refractivity contribution is -0.136. The molecule has 1 aromatic rings. The van der Waals surface area contributed by atoms with E-state index in [4.69, 9.17) is 5.11 Å². The number of aryl methyl sites for hydroxylation is 1. The van der Waals surface area contributed by atoms with Crippen molar-refractivity contribution in [3.63, 3.8) is 0 Å². The molecule has 5 nitrogen and oxygen atoms in total. The van der Waals surface area contributed by atoms with Gasteiger partial charge >= 0.3 is 5.97 Å². The van der Waals surface area contributed by atoms with Crippen LogP contribution in [0.2, 0.25) is 0 Å². The van der Waals surface area contributed by atoms with E-state index >= 15 is 0 Å². The number of H-pyrrole nitrogens is 1. The molecule has 2 N–H and O–H groups in total. The summed E-state index contributed by atoms with van der Waals surface area (Å²) >= 11 is 1.44. The highest BCUT2D eigenvalue weighted by Gasteiger charge is 2.05. The van der Waals surface area contributed by atoms with E-state index in [0.717, 1.165) is 5.75 Å². The number of aromatic nitrogens is 2. The number of nitrogens with one attached hydrogen (secondary N) is 1. The lowest BCUT2D eigenvalue weighted by Crippen LogP contribution is -2.15. The van der Waals surface area contributed by atoms with E-state index in [0.29, 0.717) is 10.7 Å². The molecule has 0 aliphatic heterocycles. The molecule has 0 bridgehead atoms. The van der Waals surface area contributed by atoms with Crippen molar-refractivity contribution in [3.05, 3.63) is 22.1 Å². The summed E-state index contributed by atoms with van der Waals surface area (Å²) in [6, 6.07) is 0. The minimum absolute atomic E-state index is 0.0506. The lowest BCUT2D eigenvalue weighted by atomic mass is 10.2. The zero-order valence-electron chi connectivity index (χ0n) is 8.32. The Morgan fingerprint density at radius 1 is 1.67 bits per heavy atom. The van der Waals surface area contributed by atoms with Gasteiger partial charge in [0.25, 0.3) is 5.56 Å². The number of nitrogens with zero attached hydrogens (tertiary/aromatic N) is 1. The second-order valence-corrected chi connectivity index (χ2v) is 4.12. The summed E-state index contributed by atoms with van der Waals surface area (Å²) in [5.41, 5.74) is 0.167. The molecule has 1 heterocycles. The van der Waals surface area contributed by atoms with Crippen molar-refractivity contribution in [1.29, 1.82) is 0 Å². The van der Waals surface area contributed by atoms with Crippen LogP contribution in [0, 0.1) is 0 Å². The van der Waals surface area contributed by atoms with E-state index in [2.05, 4.69) is 9.97 Å². The summed E-state index contributed by atoms with van der Waals surface area (Å²) in [6.45, 7) is 1.96. The van der Waals surface area contributed by atoms with E-state index in [-0.39, 0.29) is 18.4 Å². The first-order valence-electron chi connectivity index (χ1n) is 4.56. The number of hydrogen-bond acceptors (Lipinski definition) is 4. The van der Waals surface area contributed by atoms with Gasteiger partial charge in [-0.05, 0) is 12.2 Å². The van der Waals surface area contributed by atoms with Gasteiger partial charge in [0, 0.05) is 18.2 Å². The third-order valence-electron chi connectivity index (χ3n) is 1.74. The average molecular weight is 228 g/mol. The Morgan fingerprint density at radius 2 is 2.40 bits per heavy atom. The highest BCUT2D eigenvalue weighted by molar-refractivity contribution is 7.99. The smallest absolute Gasteiger partial charge is 0.303 e. The highest BCUT2D eigenvalue weighted by Crippen LogP contribution is 2.09. The summed E-state index contributed by atoms with van der Waals surface area (Å²) in [5.74, 6) is -0.0846. The number of hydrogen-bond donors (Lipinski definition) is 2. The number of rotatable bonds is 5. The predicted molar refractivity (Wildman–Crippen MR) is 57.2 cm³/mol. The number of aliphatic carboxylic acids is 1. The van der Waals surface area contributed by atoms with E-state index in [1.54, 1.807) is 0 Å². The number of carboxylic acid groups (broad SMARTS) is 1. The number of aromatic amines is 1. The van der Waals surface area contributed by atoms with Gasteiger partial charge in [-0.15, -0.1) is 0 Å². The molecule has 0 radical (unpaired) electrons. The van der Waals surface area contributed by atoms with Crippen molar-refractivity contribution in [2.45, 2.75) is 24.9 Å². The molecule has 0 spiro atoms. The van der Waals surface area contributed by atoms with Crippen LogP contribution in [-0.2, 0) is 11.2 Å². The molecule has 0 saturated carbocycles. The van der Waals surface area contributed by atoms with Crippen LogP contribution >= 0.6 is 11.8 Å². The van der Waals surface area contributed by atoms with Gasteiger partial charge in [-0.2, -0.15) is 0 Å². The van der Waals surface area contributed by atoms with Crippen molar-refractivity contribution in [2.75, 3.05) is 5.75 Å². The Hall–Kier alpha value is -1.30. The Morgan fingerprint density at radius 3 is 2.93 bits per heavy atom. The third-order valence-corrected chi connectivity index (χ3v) is 2.51. The molecule has 0 aliphatic carbocycles. The molecule has 0 atom stereocenters. The van der Waals surface area contributed by atoms with E-state index in [1.807, 2.05) is 6.92 Å². The summed E-state index contributed by atoms with van der Waals surface area (Å²) < 4.78 is 0. The molecule has 1 aromatic heterocycles. The SMILES string of the molecule is CCSc1ncc(CCC(=O)O)c(=O)[nH]1. The highest BCUT2D eigenvalue weighted by atomic mass is 32.2. The topological polar surface area (TPSA) is 83.0 Å². The largest absolute Gasteiger partial charge is 0.481 e. The molecule has 82 valence electrons. The normalized spacial score (nSPS) is 10.2. The lowest BCUT2D eigenvalue weighted by Gasteiger charge is -2.00. The van der Waals surface area contributed by atoms with Crippen LogP contribution in [-0.4, -0.2) is 26.8 Å². The number of carboxylic acids is 1. The first kappa shape index (κ1) is 11.8. The minimum Gasteiger partial charge on any atom is -0.481 e. The average Bonchev–Trinajstić information content (AvgIpc) is 2.17. The van der Waals surface area contributed by atoms with E-state index < -0.39 is 5.97 Å². The molecule has 0 amide bonds. The van der Waals surface area contributed by atoms with Gasteiger partial charge in [0.1, 0.15) is 0 Å². The molecule has 6 heteroatoms. The quantitative estimate of drug-likeness (QED) is 0.578. The standard InChI is InChI=1S/C9H12N2O3S/c1-2-15-9-10-5-6(8(14)11-9)3-4-7(12)13/h5H,2-4H2,1H3,(H,12,13)(H,10,11,14). The first-order valence-corrected chi connectivity index (χ1v) is 5.54. The van der Waals surface area contributed by atoms with Gasteiger partial charge in [0.05, 0.1) is 0 Å². The fourth-order valence-corrected chi connectivity index (χ4v) is 1.60. The van der Waals surface area contributed by atoms with E-state index in [9.17, 15) is 9.59 Å². The van der Waals surface area contributed by atoms with Crippen molar-refractivity contribution in [2.24, 2.45) is 0 Å². The number of thioether (sulfide) groups is 1. The zero-order chi connectivity index (χ0) is 11.3. The molecule has 0 fully saturated rings. The fraction of sp³-hybridized carbons (Fsp3) is 0.444. The maximum atomic E-state index is 11.4.